The molecule has 0 saturated heterocycles. The first kappa shape index (κ1) is 11.3. The van der Waals surface area contributed by atoms with Gasteiger partial charge in [0.15, 0.2) is 0 Å². The molecule has 5 heteroatoms. The predicted octanol–water partition coefficient (Wildman–Crippen LogP) is 1.16. The number of anilines is 1. The normalized spacial score (nSPS) is 9.80. The minimum Gasteiger partial charge on any atom is -0.461 e. The number of hydrogen-bond donors (Lipinski definition) is 1. The quantitative estimate of drug-likeness (QED) is 0.761. The molecular weight excluding hydrogens is 196 g/mol. The summed E-state index contributed by atoms with van der Waals surface area (Å²) in [6.45, 7) is 3.49. The minimum atomic E-state index is -0.392. The third-order valence-electron chi connectivity index (χ3n) is 1.91. The Balaban J connectivity index is 2.88. The average Bonchev–Trinajstić information content (AvgIpc) is 2.48. The molecule has 1 rings (SSSR count). The molecule has 5 nitrogen and oxygen atoms in total. The Morgan fingerprint density at radius 1 is 1.47 bits per heavy atom. The maximum absolute atomic E-state index is 11.4. The smallest absolute Gasteiger partial charge is 0.354 e. The van der Waals surface area contributed by atoms with Gasteiger partial charge in [0.25, 0.3) is 0 Å². The summed E-state index contributed by atoms with van der Waals surface area (Å²) in [5, 5.41) is 2.61. The maximum atomic E-state index is 11.4. The van der Waals surface area contributed by atoms with Crippen molar-refractivity contribution >= 4 is 17.7 Å². The summed E-state index contributed by atoms with van der Waals surface area (Å²) in [5.74, 6) is 0.00811. The number of carbonyl (C=O) groups excluding carboxylic acids is 2. The standard InChI is InChI=1S/C10H14N2O3/c1-4-15-10(14)8-5-6-9(12(8)3)11-7(2)13/h5-6H,4H2,1-3H3,(H,11,13). The summed E-state index contributed by atoms with van der Waals surface area (Å²) in [6, 6.07) is 3.27. The Kier molecular flexibility index (Phi) is 3.49. The van der Waals surface area contributed by atoms with Gasteiger partial charge >= 0.3 is 5.97 Å². The molecule has 0 bridgehead atoms. The second kappa shape index (κ2) is 4.63. The van der Waals surface area contributed by atoms with Crippen molar-refractivity contribution in [3.8, 4) is 0 Å². The Labute approximate surface area is 88.0 Å². The zero-order valence-corrected chi connectivity index (χ0v) is 9.03. The molecule has 1 heterocycles. The highest BCUT2D eigenvalue weighted by Crippen LogP contribution is 2.13. The van der Waals surface area contributed by atoms with Gasteiger partial charge in [-0.2, -0.15) is 0 Å². The fourth-order valence-corrected chi connectivity index (χ4v) is 1.23. The summed E-state index contributed by atoms with van der Waals surface area (Å²) in [6.07, 6.45) is 0. The molecule has 0 aliphatic carbocycles. The van der Waals surface area contributed by atoms with Crippen LogP contribution >= 0.6 is 0 Å². The van der Waals surface area contributed by atoms with Crippen molar-refractivity contribution in [3.05, 3.63) is 17.8 Å². The molecule has 0 aromatic carbocycles. The number of nitrogens with one attached hydrogen (secondary N) is 1. The highest BCUT2D eigenvalue weighted by atomic mass is 16.5. The Hall–Kier alpha value is -1.78. The van der Waals surface area contributed by atoms with Crippen LogP contribution in [0.2, 0.25) is 0 Å². The van der Waals surface area contributed by atoms with E-state index in [1.807, 2.05) is 0 Å². The fourth-order valence-electron chi connectivity index (χ4n) is 1.23. The number of aromatic nitrogens is 1. The lowest BCUT2D eigenvalue weighted by atomic mass is 10.4. The Morgan fingerprint density at radius 3 is 2.67 bits per heavy atom. The molecule has 1 aromatic rings. The van der Waals surface area contributed by atoms with Crippen LogP contribution in [0.5, 0.6) is 0 Å². The summed E-state index contributed by atoms with van der Waals surface area (Å²) in [7, 11) is 1.69. The average molecular weight is 210 g/mol. The minimum absolute atomic E-state index is 0.174. The molecule has 0 fully saturated rings. The zero-order chi connectivity index (χ0) is 11.4. The van der Waals surface area contributed by atoms with Crippen molar-refractivity contribution in [3.63, 3.8) is 0 Å². The Bertz CT molecular complexity index is 382. The lowest BCUT2D eigenvalue weighted by Crippen LogP contribution is -2.14. The molecule has 0 saturated carbocycles. The van der Waals surface area contributed by atoms with E-state index in [4.69, 9.17) is 4.74 Å². The van der Waals surface area contributed by atoms with Gasteiger partial charge in [-0.05, 0) is 19.1 Å². The third-order valence-corrected chi connectivity index (χ3v) is 1.91. The highest BCUT2D eigenvalue weighted by Gasteiger charge is 2.13. The highest BCUT2D eigenvalue weighted by molar-refractivity contribution is 5.92. The van der Waals surface area contributed by atoms with Gasteiger partial charge in [-0.1, -0.05) is 0 Å². The molecule has 0 spiro atoms. The van der Waals surface area contributed by atoms with Gasteiger partial charge in [0.05, 0.1) is 6.61 Å². The second-order valence-electron chi connectivity index (χ2n) is 3.06. The number of ether oxygens (including phenoxy) is 1. The third kappa shape index (κ3) is 2.59. The van der Waals surface area contributed by atoms with Crippen molar-refractivity contribution in [1.29, 1.82) is 0 Å². The number of amides is 1. The summed E-state index contributed by atoms with van der Waals surface area (Å²) in [4.78, 5) is 22.2. The summed E-state index contributed by atoms with van der Waals surface area (Å²) in [5.41, 5.74) is 0.417. The van der Waals surface area contributed by atoms with Crippen molar-refractivity contribution < 1.29 is 14.3 Å². The molecule has 15 heavy (non-hydrogen) atoms. The van der Waals surface area contributed by atoms with E-state index in [1.54, 1.807) is 30.7 Å². The van der Waals surface area contributed by atoms with E-state index in [0.717, 1.165) is 0 Å². The SMILES string of the molecule is CCOC(=O)c1ccc(NC(C)=O)n1C. The largest absolute Gasteiger partial charge is 0.461 e. The van der Waals surface area contributed by atoms with E-state index >= 15 is 0 Å². The monoisotopic (exact) mass is 210 g/mol. The van der Waals surface area contributed by atoms with Crippen LogP contribution in [0.25, 0.3) is 0 Å². The maximum Gasteiger partial charge on any atom is 0.354 e. The van der Waals surface area contributed by atoms with Crippen LogP contribution in [0, 0.1) is 0 Å². The van der Waals surface area contributed by atoms with E-state index < -0.39 is 5.97 Å². The van der Waals surface area contributed by atoms with Gasteiger partial charge in [0, 0.05) is 14.0 Å². The zero-order valence-electron chi connectivity index (χ0n) is 9.03. The van der Waals surface area contributed by atoms with Crippen molar-refractivity contribution in [1.82, 2.24) is 4.57 Å². The summed E-state index contributed by atoms with van der Waals surface area (Å²) >= 11 is 0. The number of carbonyl (C=O) groups is 2. The molecule has 1 N–H and O–H groups in total. The molecule has 0 unspecified atom stereocenters. The first-order valence-electron chi connectivity index (χ1n) is 4.66. The lowest BCUT2D eigenvalue weighted by molar-refractivity contribution is -0.114. The number of nitrogens with zero attached hydrogens (tertiary/aromatic N) is 1. The van der Waals surface area contributed by atoms with Gasteiger partial charge in [0.1, 0.15) is 11.5 Å². The van der Waals surface area contributed by atoms with Gasteiger partial charge in [-0.25, -0.2) is 4.79 Å². The van der Waals surface area contributed by atoms with E-state index in [1.165, 1.54) is 6.92 Å². The molecule has 0 aliphatic rings. The number of hydrogen-bond acceptors (Lipinski definition) is 3. The van der Waals surface area contributed by atoms with Crippen molar-refractivity contribution in [2.45, 2.75) is 13.8 Å². The van der Waals surface area contributed by atoms with Crippen LogP contribution < -0.4 is 5.32 Å². The van der Waals surface area contributed by atoms with E-state index in [-0.39, 0.29) is 5.91 Å². The van der Waals surface area contributed by atoms with Crippen molar-refractivity contribution in [2.75, 3.05) is 11.9 Å². The molecule has 1 aromatic heterocycles. The molecular formula is C10H14N2O3. The van der Waals surface area contributed by atoms with Crippen molar-refractivity contribution in [2.24, 2.45) is 7.05 Å². The molecule has 0 aliphatic heterocycles. The van der Waals surface area contributed by atoms with Gasteiger partial charge in [0.2, 0.25) is 5.91 Å². The fraction of sp³-hybridized carbons (Fsp3) is 0.400. The van der Waals surface area contributed by atoms with E-state index in [9.17, 15) is 9.59 Å². The van der Waals surface area contributed by atoms with Crippen LogP contribution in [-0.4, -0.2) is 23.1 Å². The predicted molar refractivity (Wildman–Crippen MR) is 55.7 cm³/mol. The van der Waals surface area contributed by atoms with Crippen LogP contribution in [-0.2, 0) is 16.6 Å². The van der Waals surface area contributed by atoms with E-state index in [0.29, 0.717) is 18.1 Å². The first-order chi connectivity index (χ1) is 7.06. The molecule has 0 atom stereocenters. The summed E-state index contributed by atoms with van der Waals surface area (Å²) < 4.78 is 6.44. The van der Waals surface area contributed by atoms with Gasteiger partial charge < -0.3 is 14.6 Å². The second-order valence-corrected chi connectivity index (χ2v) is 3.06. The first-order valence-corrected chi connectivity index (χ1v) is 4.66. The molecule has 82 valence electrons. The van der Waals surface area contributed by atoms with Crippen LogP contribution in [0.15, 0.2) is 12.1 Å². The Morgan fingerprint density at radius 2 is 2.13 bits per heavy atom. The molecule has 1 amide bonds. The number of rotatable bonds is 3. The number of esters is 1. The topological polar surface area (TPSA) is 60.3 Å². The van der Waals surface area contributed by atoms with Gasteiger partial charge in [-0.3, -0.25) is 4.79 Å². The van der Waals surface area contributed by atoms with Gasteiger partial charge in [-0.15, -0.1) is 0 Å². The van der Waals surface area contributed by atoms with Crippen LogP contribution in [0.3, 0.4) is 0 Å². The molecule has 0 radical (unpaired) electrons. The van der Waals surface area contributed by atoms with Crippen LogP contribution in [0.1, 0.15) is 24.3 Å². The van der Waals surface area contributed by atoms with Crippen LogP contribution in [0.4, 0.5) is 5.82 Å². The van der Waals surface area contributed by atoms with E-state index in [2.05, 4.69) is 5.32 Å². The lowest BCUT2D eigenvalue weighted by Gasteiger charge is -2.06.